The van der Waals surface area contributed by atoms with Gasteiger partial charge in [-0.1, -0.05) is 25.8 Å². The first kappa shape index (κ1) is 22.1. The van der Waals surface area contributed by atoms with Gasteiger partial charge in [0.2, 0.25) is 11.7 Å². The van der Waals surface area contributed by atoms with Crippen LogP contribution >= 0.6 is 0 Å². The van der Waals surface area contributed by atoms with E-state index in [9.17, 15) is 24.0 Å². The Morgan fingerprint density at radius 2 is 1.93 bits per heavy atom. The number of rotatable bonds is 11. The first-order chi connectivity index (χ1) is 13.8. The molecule has 1 heterocycles. The summed E-state index contributed by atoms with van der Waals surface area (Å²) in [4.78, 5) is 62.9. The fourth-order valence-corrected chi connectivity index (χ4v) is 2.79. The van der Waals surface area contributed by atoms with E-state index in [0.717, 1.165) is 19.3 Å². The number of unbranched alkanes of at least 4 members (excludes halogenated alkanes) is 1. The van der Waals surface area contributed by atoms with E-state index in [1.54, 1.807) is 6.07 Å². The lowest BCUT2D eigenvalue weighted by Crippen LogP contribution is -2.54. The van der Waals surface area contributed by atoms with Crippen LogP contribution in [0.15, 0.2) is 23.1 Å². The van der Waals surface area contributed by atoms with Crippen molar-refractivity contribution in [2.45, 2.75) is 63.6 Å². The highest BCUT2D eigenvalue weighted by Gasteiger charge is 2.33. The van der Waals surface area contributed by atoms with Crippen LogP contribution in [0, 0.1) is 0 Å². The van der Waals surface area contributed by atoms with Gasteiger partial charge in [-0.05, 0) is 25.3 Å². The number of amides is 3. The van der Waals surface area contributed by atoms with E-state index in [4.69, 9.17) is 5.11 Å². The number of H-pyrrole nitrogens is 1. The number of pyridine rings is 1. The molecule has 0 spiro atoms. The van der Waals surface area contributed by atoms with Crippen molar-refractivity contribution in [2.75, 3.05) is 0 Å². The van der Waals surface area contributed by atoms with Crippen molar-refractivity contribution < 1.29 is 24.3 Å². The van der Waals surface area contributed by atoms with Gasteiger partial charge in [0, 0.05) is 24.2 Å². The van der Waals surface area contributed by atoms with E-state index in [2.05, 4.69) is 20.9 Å². The van der Waals surface area contributed by atoms with E-state index < -0.39 is 41.3 Å². The summed E-state index contributed by atoms with van der Waals surface area (Å²) in [5.41, 5.74) is -0.213. The van der Waals surface area contributed by atoms with Crippen LogP contribution in [0.3, 0.4) is 0 Å². The second-order valence-corrected chi connectivity index (χ2v) is 7.05. The number of carbonyl (C=O) groups excluding carboxylic acids is 3. The Morgan fingerprint density at radius 1 is 1.21 bits per heavy atom. The minimum absolute atomic E-state index is 0.0473. The molecule has 29 heavy (non-hydrogen) atoms. The van der Waals surface area contributed by atoms with E-state index in [1.807, 2.05) is 6.92 Å². The molecule has 0 aromatic carbocycles. The second kappa shape index (κ2) is 10.4. The Bertz CT molecular complexity index is 817. The van der Waals surface area contributed by atoms with Gasteiger partial charge in [-0.3, -0.25) is 19.2 Å². The maximum Gasteiger partial charge on any atom is 0.405 e. The Labute approximate surface area is 167 Å². The molecule has 5 N–H and O–H groups in total. The van der Waals surface area contributed by atoms with Gasteiger partial charge in [0.05, 0.1) is 0 Å². The maximum absolute atomic E-state index is 12.6. The van der Waals surface area contributed by atoms with Crippen molar-refractivity contribution in [3.05, 3.63) is 34.2 Å². The van der Waals surface area contributed by atoms with Crippen LogP contribution in [-0.4, -0.2) is 51.9 Å². The molecule has 1 aliphatic carbocycles. The molecule has 0 unspecified atom stereocenters. The molecule has 2 atom stereocenters. The lowest BCUT2D eigenvalue weighted by atomic mass is 10.0. The second-order valence-electron chi connectivity index (χ2n) is 7.05. The molecular weight excluding hydrogens is 380 g/mol. The van der Waals surface area contributed by atoms with Crippen molar-refractivity contribution in [1.82, 2.24) is 20.9 Å². The zero-order valence-corrected chi connectivity index (χ0v) is 16.2. The number of ketones is 1. The lowest BCUT2D eigenvalue weighted by Gasteiger charge is -2.21. The molecule has 158 valence electrons. The van der Waals surface area contributed by atoms with Crippen LogP contribution < -0.4 is 21.5 Å². The highest BCUT2D eigenvalue weighted by atomic mass is 16.4. The smallest absolute Gasteiger partial charge is 0.405 e. The minimum Gasteiger partial charge on any atom is -0.465 e. The third-order valence-corrected chi connectivity index (χ3v) is 4.55. The molecule has 1 saturated carbocycles. The summed E-state index contributed by atoms with van der Waals surface area (Å²) >= 11 is 0. The predicted molar refractivity (Wildman–Crippen MR) is 103 cm³/mol. The standard InChI is InChI=1S/C19H26N4O6/c1-2-3-6-13(23-19(28)29)17(26)22-14(10-11-5-4-9-20-16(11)25)15(24)18(27)21-12-7-8-12/h4-5,9,12-14,23H,2-3,6-8,10H2,1H3,(H,20,25)(H,21,27)(H,22,26)(H,28,29)/t13-,14-/m0/s1. The molecule has 0 aliphatic heterocycles. The fraction of sp³-hybridized carbons (Fsp3) is 0.526. The highest BCUT2D eigenvalue weighted by molar-refractivity contribution is 6.38. The van der Waals surface area contributed by atoms with Crippen LogP contribution in [0.2, 0.25) is 0 Å². The van der Waals surface area contributed by atoms with Crippen LogP contribution in [0.5, 0.6) is 0 Å². The average Bonchev–Trinajstić information content (AvgIpc) is 3.49. The van der Waals surface area contributed by atoms with Crippen molar-refractivity contribution in [2.24, 2.45) is 0 Å². The normalized spacial score (nSPS) is 15.1. The molecular formula is C19H26N4O6. The molecule has 0 radical (unpaired) electrons. The van der Waals surface area contributed by atoms with Gasteiger partial charge in [0.25, 0.3) is 11.5 Å². The summed E-state index contributed by atoms with van der Waals surface area (Å²) in [6, 6.07) is 0.663. The maximum atomic E-state index is 12.6. The molecule has 1 aliphatic rings. The molecule has 1 aromatic heterocycles. The van der Waals surface area contributed by atoms with Crippen molar-refractivity contribution in [3.8, 4) is 0 Å². The van der Waals surface area contributed by atoms with Gasteiger partial charge in [0.1, 0.15) is 12.1 Å². The molecule has 0 saturated heterocycles. The summed E-state index contributed by atoms with van der Waals surface area (Å²) in [5.74, 6) is -2.43. The molecule has 10 heteroatoms. The van der Waals surface area contributed by atoms with Gasteiger partial charge in [-0.25, -0.2) is 4.79 Å². The number of carboxylic acid groups (broad SMARTS) is 1. The monoisotopic (exact) mass is 406 g/mol. The number of nitrogens with one attached hydrogen (secondary N) is 4. The van der Waals surface area contributed by atoms with Gasteiger partial charge < -0.3 is 26.0 Å². The Kier molecular flexibility index (Phi) is 7.93. The van der Waals surface area contributed by atoms with Crippen LogP contribution in [0.4, 0.5) is 4.79 Å². The summed E-state index contributed by atoms with van der Waals surface area (Å²) in [7, 11) is 0. The van der Waals surface area contributed by atoms with Gasteiger partial charge in [-0.15, -0.1) is 0 Å². The van der Waals surface area contributed by atoms with Gasteiger partial charge in [0.15, 0.2) is 0 Å². The highest BCUT2D eigenvalue weighted by Crippen LogP contribution is 2.18. The largest absolute Gasteiger partial charge is 0.465 e. The topological polar surface area (TPSA) is 157 Å². The Balaban J connectivity index is 2.17. The van der Waals surface area contributed by atoms with Gasteiger partial charge in [-0.2, -0.15) is 0 Å². The number of hydrogen-bond acceptors (Lipinski definition) is 5. The van der Waals surface area contributed by atoms with E-state index in [-0.39, 0.29) is 24.4 Å². The first-order valence-corrected chi connectivity index (χ1v) is 9.63. The molecule has 10 nitrogen and oxygen atoms in total. The fourth-order valence-electron chi connectivity index (χ4n) is 2.79. The molecule has 2 rings (SSSR count). The minimum atomic E-state index is -1.37. The number of Topliss-reactive ketones (excluding diaryl/α,β-unsaturated/α-hetero) is 1. The van der Waals surface area contributed by atoms with Crippen molar-refractivity contribution in [1.29, 1.82) is 0 Å². The van der Waals surface area contributed by atoms with Crippen LogP contribution in [-0.2, 0) is 20.8 Å². The predicted octanol–water partition coefficient (Wildman–Crippen LogP) is 0.0763. The van der Waals surface area contributed by atoms with E-state index in [0.29, 0.717) is 6.42 Å². The molecule has 3 amide bonds. The zero-order chi connectivity index (χ0) is 21.4. The third kappa shape index (κ3) is 7.05. The van der Waals surface area contributed by atoms with Crippen LogP contribution in [0.25, 0.3) is 0 Å². The number of carbonyl (C=O) groups is 4. The van der Waals surface area contributed by atoms with Crippen LogP contribution in [0.1, 0.15) is 44.6 Å². The number of aromatic nitrogens is 1. The Hall–Kier alpha value is -3.17. The van der Waals surface area contributed by atoms with E-state index >= 15 is 0 Å². The summed E-state index contributed by atoms with van der Waals surface area (Å²) in [6.45, 7) is 1.89. The van der Waals surface area contributed by atoms with E-state index in [1.165, 1.54) is 12.3 Å². The average molecular weight is 406 g/mol. The lowest BCUT2D eigenvalue weighted by molar-refractivity contribution is -0.140. The molecule has 1 aromatic rings. The summed E-state index contributed by atoms with van der Waals surface area (Å²) in [5, 5.41) is 16.1. The number of aromatic amines is 1. The quantitative estimate of drug-likeness (QED) is 0.327. The van der Waals surface area contributed by atoms with Gasteiger partial charge >= 0.3 is 6.09 Å². The summed E-state index contributed by atoms with van der Waals surface area (Å²) < 4.78 is 0. The molecule has 0 bridgehead atoms. The third-order valence-electron chi connectivity index (χ3n) is 4.55. The van der Waals surface area contributed by atoms with Crippen molar-refractivity contribution in [3.63, 3.8) is 0 Å². The SMILES string of the molecule is CCCC[C@H](NC(=O)O)C(=O)N[C@@H](Cc1ccc[nH]c1=O)C(=O)C(=O)NC1CC1. The molecule has 1 fully saturated rings. The van der Waals surface area contributed by atoms with Crippen molar-refractivity contribution >= 4 is 23.7 Å². The Morgan fingerprint density at radius 3 is 2.52 bits per heavy atom. The first-order valence-electron chi connectivity index (χ1n) is 9.63. The summed E-state index contributed by atoms with van der Waals surface area (Å²) in [6.07, 6.45) is 3.04. The zero-order valence-electron chi connectivity index (χ0n) is 16.2. The number of hydrogen-bond donors (Lipinski definition) is 5.